The Morgan fingerprint density at radius 1 is 1.29 bits per heavy atom. The van der Waals surface area contributed by atoms with Crippen LogP contribution in [0.2, 0.25) is 5.02 Å². The fraction of sp³-hybridized carbons (Fsp3) is 0.636. The molecular formula is C22H28ClF3N2O3. The number of aliphatic carboxylic acids is 1. The Morgan fingerprint density at radius 3 is 2.42 bits per heavy atom. The Balaban J connectivity index is 1.80. The van der Waals surface area contributed by atoms with Crippen molar-refractivity contribution in [3.8, 4) is 0 Å². The Labute approximate surface area is 184 Å². The summed E-state index contributed by atoms with van der Waals surface area (Å²) in [5.41, 5.74) is 0.0781. The number of likely N-dealkylation sites (tertiary alicyclic amines) is 1. The minimum absolute atomic E-state index is 0.197. The zero-order valence-electron chi connectivity index (χ0n) is 17.6. The maximum Gasteiger partial charge on any atom is 0.393 e. The van der Waals surface area contributed by atoms with Crippen LogP contribution < -0.4 is 5.32 Å². The van der Waals surface area contributed by atoms with Crippen LogP contribution in [0.5, 0.6) is 0 Å². The average Bonchev–Trinajstić information content (AvgIpc) is 3.46. The molecule has 9 heteroatoms. The Kier molecular flexibility index (Phi) is 6.91. The van der Waals surface area contributed by atoms with Gasteiger partial charge in [0.25, 0.3) is 0 Å². The number of amides is 1. The second-order valence-electron chi connectivity index (χ2n) is 9.06. The van der Waals surface area contributed by atoms with Crippen LogP contribution in [0.4, 0.5) is 18.9 Å². The number of alkyl halides is 3. The fourth-order valence-corrected chi connectivity index (χ4v) is 4.35. The van der Waals surface area contributed by atoms with Crippen molar-refractivity contribution in [2.45, 2.75) is 58.2 Å². The fourth-order valence-electron chi connectivity index (χ4n) is 4.19. The average molecular weight is 461 g/mol. The van der Waals surface area contributed by atoms with Crippen LogP contribution in [0.1, 0.15) is 45.1 Å². The molecule has 31 heavy (non-hydrogen) atoms. The summed E-state index contributed by atoms with van der Waals surface area (Å²) in [7, 11) is 0. The summed E-state index contributed by atoms with van der Waals surface area (Å²) < 4.78 is 40.7. The molecule has 2 fully saturated rings. The predicted molar refractivity (Wildman–Crippen MR) is 112 cm³/mol. The number of carboxylic acids is 1. The van der Waals surface area contributed by atoms with Crippen molar-refractivity contribution in [2.75, 3.05) is 18.4 Å². The van der Waals surface area contributed by atoms with E-state index in [2.05, 4.69) is 12.2 Å². The summed E-state index contributed by atoms with van der Waals surface area (Å²) in [4.78, 5) is 26.1. The van der Waals surface area contributed by atoms with E-state index in [1.54, 1.807) is 17.0 Å². The minimum Gasteiger partial charge on any atom is -0.481 e. The number of nitrogens with zero attached hydrogens (tertiary/aromatic N) is 1. The maximum absolute atomic E-state index is 13.6. The van der Waals surface area contributed by atoms with Gasteiger partial charge in [-0.15, -0.1) is 0 Å². The van der Waals surface area contributed by atoms with Gasteiger partial charge in [0.15, 0.2) is 0 Å². The smallest absolute Gasteiger partial charge is 0.393 e. The van der Waals surface area contributed by atoms with E-state index in [1.165, 1.54) is 6.07 Å². The third kappa shape index (κ3) is 5.52. The summed E-state index contributed by atoms with van der Waals surface area (Å²) in [6, 6.07) is 3.43. The molecule has 1 amide bonds. The van der Waals surface area contributed by atoms with Crippen molar-refractivity contribution in [1.29, 1.82) is 0 Å². The van der Waals surface area contributed by atoms with Gasteiger partial charge in [-0.25, -0.2) is 0 Å². The van der Waals surface area contributed by atoms with E-state index < -0.39 is 35.4 Å². The number of carbonyl (C=O) groups excluding carboxylic acids is 1. The number of carboxylic acid groups (broad SMARTS) is 1. The van der Waals surface area contributed by atoms with Gasteiger partial charge in [0.05, 0.1) is 22.0 Å². The zero-order valence-corrected chi connectivity index (χ0v) is 18.4. The first kappa shape index (κ1) is 23.9. The highest BCUT2D eigenvalue weighted by Crippen LogP contribution is 2.49. The molecule has 0 bridgehead atoms. The molecular weight excluding hydrogens is 433 g/mol. The lowest BCUT2D eigenvalue weighted by atomic mass is 9.92. The third-order valence-electron chi connectivity index (χ3n) is 6.61. The van der Waals surface area contributed by atoms with Crippen LogP contribution in [0.3, 0.4) is 0 Å². The molecule has 5 nitrogen and oxygen atoms in total. The summed E-state index contributed by atoms with van der Waals surface area (Å²) in [5, 5.41) is 12.2. The second-order valence-corrected chi connectivity index (χ2v) is 9.47. The van der Waals surface area contributed by atoms with Crippen molar-refractivity contribution in [2.24, 2.45) is 17.3 Å². The number of nitrogens with one attached hydrogen (secondary N) is 1. The molecule has 0 radical (unpaired) electrons. The standard InChI is InChI=1S/C22H28ClF3N2O3/c1-13-5-9-28(10-6-13)18(14(2)22(24,25)26)19(29)27-17-11-15(3-4-16(17)23)12-21(7-8-21)20(30)31/h3-4,11,13-14,18H,5-10,12H2,1-2H3,(H,27,29)(H,30,31)/t14-,18-/m1/s1. The Hall–Kier alpha value is -1.80. The molecule has 1 heterocycles. The number of rotatable bonds is 7. The summed E-state index contributed by atoms with van der Waals surface area (Å²) in [6.07, 6.45) is -1.61. The number of anilines is 1. The monoisotopic (exact) mass is 460 g/mol. The van der Waals surface area contributed by atoms with Crippen LogP contribution in [0, 0.1) is 17.3 Å². The maximum atomic E-state index is 13.6. The van der Waals surface area contributed by atoms with Gasteiger partial charge in [0.1, 0.15) is 6.04 Å². The normalized spacial score (nSPS) is 21.4. The summed E-state index contributed by atoms with van der Waals surface area (Å²) in [6.45, 7) is 3.93. The van der Waals surface area contributed by atoms with Gasteiger partial charge in [-0.2, -0.15) is 13.2 Å². The first-order chi connectivity index (χ1) is 14.4. The van der Waals surface area contributed by atoms with Crippen LogP contribution in [0.25, 0.3) is 0 Å². The zero-order chi connectivity index (χ0) is 23.0. The number of piperidine rings is 1. The lowest BCUT2D eigenvalue weighted by Gasteiger charge is -2.39. The van der Waals surface area contributed by atoms with E-state index in [9.17, 15) is 27.9 Å². The van der Waals surface area contributed by atoms with E-state index in [0.29, 0.717) is 37.4 Å². The molecule has 1 saturated heterocycles. The first-order valence-corrected chi connectivity index (χ1v) is 10.9. The van der Waals surface area contributed by atoms with E-state index in [4.69, 9.17) is 11.6 Å². The van der Waals surface area contributed by atoms with Crippen molar-refractivity contribution in [3.05, 3.63) is 28.8 Å². The molecule has 2 atom stereocenters. The molecule has 2 N–H and O–H groups in total. The molecule has 172 valence electrons. The number of hydrogen-bond donors (Lipinski definition) is 2. The lowest BCUT2D eigenvalue weighted by molar-refractivity contribution is -0.189. The largest absolute Gasteiger partial charge is 0.481 e. The highest BCUT2D eigenvalue weighted by molar-refractivity contribution is 6.33. The molecule has 2 aliphatic rings. The number of benzene rings is 1. The SMILES string of the molecule is CC1CCN([C@@H](C(=O)Nc2cc(CC3(C(=O)O)CC3)ccc2Cl)[C@@H](C)C(F)(F)F)CC1. The summed E-state index contributed by atoms with van der Waals surface area (Å²) >= 11 is 6.20. The molecule has 0 aromatic heterocycles. The molecule has 1 aliphatic heterocycles. The number of hydrogen-bond acceptors (Lipinski definition) is 3. The molecule has 1 aliphatic carbocycles. The predicted octanol–water partition coefficient (Wildman–Crippen LogP) is 4.98. The topological polar surface area (TPSA) is 69.6 Å². The molecule has 1 aromatic carbocycles. The van der Waals surface area contributed by atoms with Gasteiger partial charge in [0, 0.05) is 0 Å². The van der Waals surface area contributed by atoms with E-state index >= 15 is 0 Å². The van der Waals surface area contributed by atoms with Crippen molar-refractivity contribution in [3.63, 3.8) is 0 Å². The van der Waals surface area contributed by atoms with Crippen molar-refractivity contribution < 1.29 is 27.9 Å². The molecule has 0 spiro atoms. The van der Waals surface area contributed by atoms with Crippen LogP contribution in [-0.4, -0.2) is 47.2 Å². The highest BCUT2D eigenvalue weighted by atomic mass is 35.5. The van der Waals surface area contributed by atoms with Crippen LogP contribution in [-0.2, 0) is 16.0 Å². The number of halogens is 4. The second kappa shape index (κ2) is 8.98. The van der Waals surface area contributed by atoms with Crippen LogP contribution >= 0.6 is 11.6 Å². The van der Waals surface area contributed by atoms with Gasteiger partial charge >= 0.3 is 12.1 Å². The minimum atomic E-state index is -4.52. The molecule has 3 rings (SSSR count). The van der Waals surface area contributed by atoms with E-state index in [0.717, 1.165) is 19.8 Å². The molecule has 0 unspecified atom stereocenters. The molecule has 1 saturated carbocycles. The third-order valence-corrected chi connectivity index (χ3v) is 6.94. The van der Waals surface area contributed by atoms with Gasteiger partial charge in [-0.05, 0) is 68.8 Å². The first-order valence-electron chi connectivity index (χ1n) is 10.6. The Morgan fingerprint density at radius 2 is 1.90 bits per heavy atom. The van der Waals surface area contributed by atoms with E-state index in [-0.39, 0.29) is 17.1 Å². The van der Waals surface area contributed by atoms with Gasteiger partial charge in [0.2, 0.25) is 5.91 Å². The van der Waals surface area contributed by atoms with Crippen molar-refractivity contribution >= 4 is 29.2 Å². The quantitative estimate of drug-likeness (QED) is 0.601. The summed E-state index contributed by atoms with van der Waals surface area (Å²) in [5.74, 6) is -3.05. The van der Waals surface area contributed by atoms with Gasteiger partial charge in [-0.3, -0.25) is 14.5 Å². The Bertz CT molecular complexity index is 834. The highest BCUT2D eigenvalue weighted by Gasteiger charge is 2.50. The van der Waals surface area contributed by atoms with Gasteiger partial charge < -0.3 is 10.4 Å². The van der Waals surface area contributed by atoms with Crippen LogP contribution in [0.15, 0.2) is 18.2 Å². The van der Waals surface area contributed by atoms with E-state index in [1.807, 2.05) is 0 Å². The lowest BCUT2D eigenvalue weighted by Crippen LogP contribution is -2.54. The molecule has 1 aromatic rings. The van der Waals surface area contributed by atoms with Crippen molar-refractivity contribution in [1.82, 2.24) is 4.90 Å². The number of carbonyl (C=O) groups is 2. The van der Waals surface area contributed by atoms with Gasteiger partial charge in [-0.1, -0.05) is 31.5 Å².